The molecule has 0 aromatic heterocycles. The largest absolute Gasteiger partial charge is 0.493 e. The first-order valence-electron chi connectivity index (χ1n) is 5.43. The lowest BCUT2D eigenvalue weighted by molar-refractivity contribution is 0.356. The molecule has 0 unspecified atom stereocenters. The predicted molar refractivity (Wildman–Crippen MR) is 69.4 cm³/mol. The zero-order valence-electron chi connectivity index (χ0n) is 10.2. The van der Waals surface area contributed by atoms with Gasteiger partial charge in [-0.05, 0) is 23.8 Å². The molecule has 4 heteroatoms. The standard InChI is InChI=1S/C14H14FNO2/c1-17-13-5-3-4-10(14(13)18-2)9-6-7-12(16)11(15)8-9/h3-8H,16H2,1-2H3. The van der Waals surface area contributed by atoms with Gasteiger partial charge < -0.3 is 15.2 Å². The molecule has 0 atom stereocenters. The zero-order chi connectivity index (χ0) is 13.1. The molecule has 0 aliphatic carbocycles. The molecular weight excluding hydrogens is 233 g/mol. The maximum atomic E-state index is 13.5. The second-order valence-corrected chi connectivity index (χ2v) is 3.78. The Hall–Kier alpha value is -2.23. The van der Waals surface area contributed by atoms with Crippen molar-refractivity contribution in [3.63, 3.8) is 0 Å². The predicted octanol–water partition coefficient (Wildman–Crippen LogP) is 3.09. The smallest absolute Gasteiger partial charge is 0.168 e. The third-order valence-corrected chi connectivity index (χ3v) is 2.71. The number of anilines is 1. The van der Waals surface area contributed by atoms with E-state index in [2.05, 4.69) is 0 Å². The van der Waals surface area contributed by atoms with Gasteiger partial charge in [-0.1, -0.05) is 18.2 Å². The average molecular weight is 247 g/mol. The molecule has 0 bridgehead atoms. The Morgan fingerprint density at radius 1 is 1.06 bits per heavy atom. The fourth-order valence-corrected chi connectivity index (χ4v) is 1.81. The number of hydrogen-bond acceptors (Lipinski definition) is 3. The van der Waals surface area contributed by atoms with Crippen LogP contribution in [0.5, 0.6) is 11.5 Å². The molecule has 0 heterocycles. The lowest BCUT2D eigenvalue weighted by Gasteiger charge is -2.13. The van der Waals surface area contributed by atoms with Gasteiger partial charge in [-0.2, -0.15) is 0 Å². The van der Waals surface area contributed by atoms with Crippen LogP contribution in [0.15, 0.2) is 36.4 Å². The Balaban J connectivity index is 2.59. The fraction of sp³-hybridized carbons (Fsp3) is 0.143. The Kier molecular flexibility index (Phi) is 3.37. The molecule has 94 valence electrons. The van der Waals surface area contributed by atoms with Gasteiger partial charge in [-0.3, -0.25) is 0 Å². The number of benzene rings is 2. The van der Waals surface area contributed by atoms with Crippen molar-refractivity contribution >= 4 is 5.69 Å². The number of methoxy groups -OCH3 is 2. The minimum atomic E-state index is -0.447. The van der Waals surface area contributed by atoms with Crippen LogP contribution in [0.1, 0.15) is 0 Å². The first kappa shape index (κ1) is 12.2. The van der Waals surface area contributed by atoms with Crippen molar-refractivity contribution in [2.45, 2.75) is 0 Å². The summed E-state index contributed by atoms with van der Waals surface area (Å²) in [5, 5.41) is 0. The van der Waals surface area contributed by atoms with E-state index in [-0.39, 0.29) is 5.69 Å². The Morgan fingerprint density at radius 2 is 1.83 bits per heavy atom. The number of nitrogens with two attached hydrogens (primary N) is 1. The molecule has 0 spiro atoms. The van der Waals surface area contributed by atoms with Gasteiger partial charge in [0.25, 0.3) is 0 Å². The van der Waals surface area contributed by atoms with E-state index in [9.17, 15) is 4.39 Å². The van der Waals surface area contributed by atoms with E-state index in [1.54, 1.807) is 26.4 Å². The number of ether oxygens (including phenoxy) is 2. The van der Waals surface area contributed by atoms with E-state index in [0.29, 0.717) is 17.1 Å². The fourth-order valence-electron chi connectivity index (χ4n) is 1.81. The van der Waals surface area contributed by atoms with Crippen LogP contribution >= 0.6 is 0 Å². The SMILES string of the molecule is COc1cccc(-c2ccc(N)c(F)c2)c1OC. The first-order valence-corrected chi connectivity index (χ1v) is 5.43. The summed E-state index contributed by atoms with van der Waals surface area (Å²) >= 11 is 0. The van der Waals surface area contributed by atoms with Crippen LogP contribution in [0, 0.1) is 5.82 Å². The summed E-state index contributed by atoms with van der Waals surface area (Å²) in [6, 6.07) is 10.1. The quantitative estimate of drug-likeness (QED) is 0.848. The third-order valence-electron chi connectivity index (χ3n) is 2.71. The van der Waals surface area contributed by atoms with E-state index >= 15 is 0 Å². The number of rotatable bonds is 3. The number of hydrogen-bond donors (Lipinski definition) is 1. The molecule has 0 amide bonds. The highest BCUT2D eigenvalue weighted by atomic mass is 19.1. The van der Waals surface area contributed by atoms with Crippen molar-refractivity contribution in [2.75, 3.05) is 20.0 Å². The van der Waals surface area contributed by atoms with Crippen molar-refractivity contribution in [3.8, 4) is 22.6 Å². The summed E-state index contributed by atoms with van der Waals surface area (Å²) in [7, 11) is 3.11. The Morgan fingerprint density at radius 3 is 2.44 bits per heavy atom. The highest BCUT2D eigenvalue weighted by molar-refractivity contribution is 5.74. The molecule has 3 nitrogen and oxygen atoms in total. The number of nitrogen functional groups attached to an aromatic ring is 1. The summed E-state index contributed by atoms with van der Waals surface area (Å²) in [5.74, 6) is 0.730. The van der Waals surface area contributed by atoms with Gasteiger partial charge in [0.1, 0.15) is 5.82 Å². The summed E-state index contributed by atoms with van der Waals surface area (Å²) in [6.07, 6.45) is 0. The Labute approximate surface area is 105 Å². The first-order chi connectivity index (χ1) is 8.67. The molecule has 0 saturated carbocycles. The van der Waals surface area contributed by atoms with Gasteiger partial charge >= 0.3 is 0 Å². The minimum absolute atomic E-state index is 0.126. The van der Waals surface area contributed by atoms with Crippen LogP contribution in [-0.2, 0) is 0 Å². The highest BCUT2D eigenvalue weighted by Crippen LogP contribution is 2.38. The molecule has 18 heavy (non-hydrogen) atoms. The molecule has 0 fully saturated rings. The molecule has 2 N–H and O–H groups in total. The summed E-state index contributed by atoms with van der Waals surface area (Å²) < 4.78 is 24.0. The van der Waals surface area contributed by atoms with E-state index in [0.717, 1.165) is 5.56 Å². The normalized spacial score (nSPS) is 10.2. The molecule has 2 rings (SSSR count). The van der Waals surface area contributed by atoms with Gasteiger partial charge in [0.15, 0.2) is 11.5 Å². The van der Waals surface area contributed by atoms with Crippen molar-refractivity contribution in [1.29, 1.82) is 0 Å². The Bertz CT molecular complexity index is 570. The summed E-state index contributed by atoms with van der Waals surface area (Å²) in [6.45, 7) is 0. The van der Waals surface area contributed by atoms with Gasteiger partial charge in [0.05, 0.1) is 19.9 Å². The molecule has 2 aromatic rings. The summed E-state index contributed by atoms with van der Waals surface area (Å²) in [4.78, 5) is 0. The molecule has 0 radical (unpaired) electrons. The second-order valence-electron chi connectivity index (χ2n) is 3.78. The van der Waals surface area contributed by atoms with Gasteiger partial charge in [0, 0.05) is 5.56 Å². The van der Waals surface area contributed by atoms with Crippen molar-refractivity contribution in [1.82, 2.24) is 0 Å². The van der Waals surface area contributed by atoms with E-state index < -0.39 is 5.82 Å². The third kappa shape index (κ3) is 2.09. The van der Waals surface area contributed by atoms with Gasteiger partial charge in [-0.15, -0.1) is 0 Å². The van der Waals surface area contributed by atoms with Crippen molar-refractivity contribution in [3.05, 3.63) is 42.2 Å². The van der Waals surface area contributed by atoms with Crippen molar-refractivity contribution in [2.24, 2.45) is 0 Å². The van der Waals surface area contributed by atoms with E-state index in [1.165, 1.54) is 12.1 Å². The maximum absolute atomic E-state index is 13.5. The molecule has 0 aliphatic heterocycles. The topological polar surface area (TPSA) is 44.5 Å². The zero-order valence-corrected chi connectivity index (χ0v) is 10.2. The average Bonchev–Trinajstić information content (AvgIpc) is 2.40. The monoisotopic (exact) mass is 247 g/mol. The van der Waals surface area contributed by atoms with Crippen LogP contribution in [0.4, 0.5) is 10.1 Å². The second kappa shape index (κ2) is 4.96. The van der Waals surface area contributed by atoms with Crippen molar-refractivity contribution < 1.29 is 13.9 Å². The maximum Gasteiger partial charge on any atom is 0.168 e. The lowest BCUT2D eigenvalue weighted by atomic mass is 10.0. The summed E-state index contributed by atoms with van der Waals surface area (Å²) in [5.41, 5.74) is 7.04. The van der Waals surface area contributed by atoms with Crippen LogP contribution in [0.25, 0.3) is 11.1 Å². The molecule has 2 aromatic carbocycles. The lowest BCUT2D eigenvalue weighted by Crippen LogP contribution is -1.95. The van der Waals surface area contributed by atoms with E-state index in [1.807, 2.05) is 12.1 Å². The van der Waals surface area contributed by atoms with Gasteiger partial charge in [0.2, 0.25) is 0 Å². The van der Waals surface area contributed by atoms with Crippen LogP contribution in [0.3, 0.4) is 0 Å². The number of para-hydroxylation sites is 1. The van der Waals surface area contributed by atoms with Gasteiger partial charge in [-0.25, -0.2) is 4.39 Å². The molecule has 0 aliphatic rings. The molecule has 0 saturated heterocycles. The number of halogens is 1. The van der Waals surface area contributed by atoms with Crippen LogP contribution in [-0.4, -0.2) is 14.2 Å². The van der Waals surface area contributed by atoms with E-state index in [4.69, 9.17) is 15.2 Å². The van der Waals surface area contributed by atoms with Crippen LogP contribution < -0.4 is 15.2 Å². The highest BCUT2D eigenvalue weighted by Gasteiger charge is 2.12. The van der Waals surface area contributed by atoms with Crippen LogP contribution in [0.2, 0.25) is 0 Å². The molecular formula is C14H14FNO2. The minimum Gasteiger partial charge on any atom is -0.493 e.